The number of hydrogen-bond acceptors (Lipinski definition) is 7. The molecule has 8 nitrogen and oxygen atoms in total. The zero-order chi connectivity index (χ0) is 18.5. The molecule has 1 fully saturated rings. The van der Waals surface area contributed by atoms with Crippen LogP contribution in [-0.4, -0.2) is 56.8 Å². The van der Waals surface area contributed by atoms with Gasteiger partial charge in [0.2, 0.25) is 0 Å². The molecule has 1 atom stereocenters. The van der Waals surface area contributed by atoms with Crippen molar-refractivity contribution >= 4 is 28.0 Å². The van der Waals surface area contributed by atoms with Gasteiger partial charge in [-0.15, -0.1) is 0 Å². The van der Waals surface area contributed by atoms with E-state index in [0.29, 0.717) is 24.0 Å². The van der Waals surface area contributed by atoms with Gasteiger partial charge in [0, 0.05) is 5.56 Å². The Labute approximate surface area is 145 Å². The highest BCUT2D eigenvalue weighted by molar-refractivity contribution is 7.91. The highest BCUT2D eigenvalue weighted by Gasteiger charge is 2.39. The van der Waals surface area contributed by atoms with Crippen molar-refractivity contribution in [2.24, 2.45) is 0 Å². The van der Waals surface area contributed by atoms with Crippen LogP contribution >= 0.6 is 0 Å². The van der Waals surface area contributed by atoms with E-state index >= 15 is 0 Å². The molecular weight excluding hydrogens is 350 g/mol. The number of carbonyl (C=O) groups excluding carboxylic acids is 3. The van der Waals surface area contributed by atoms with Gasteiger partial charge in [-0.25, -0.2) is 13.2 Å². The summed E-state index contributed by atoms with van der Waals surface area (Å²) in [7, 11) is -3.14. The summed E-state index contributed by atoms with van der Waals surface area (Å²) >= 11 is 0. The smallest absolute Gasteiger partial charge is 0.344 e. The van der Waals surface area contributed by atoms with E-state index in [0.717, 1.165) is 0 Å². The van der Waals surface area contributed by atoms with E-state index < -0.39 is 33.9 Å². The molecule has 0 spiro atoms. The van der Waals surface area contributed by atoms with Gasteiger partial charge in [0.05, 0.1) is 17.0 Å². The van der Waals surface area contributed by atoms with Crippen LogP contribution in [0.1, 0.15) is 23.7 Å². The minimum Gasteiger partial charge on any atom is -0.482 e. The third kappa shape index (κ3) is 5.86. The number of rotatable bonds is 7. The van der Waals surface area contributed by atoms with E-state index in [4.69, 9.17) is 9.47 Å². The molecule has 0 aliphatic carbocycles. The van der Waals surface area contributed by atoms with Crippen molar-refractivity contribution in [3.05, 3.63) is 29.8 Å². The van der Waals surface area contributed by atoms with Crippen molar-refractivity contribution < 1.29 is 32.3 Å². The molecule has 1 amide bonds. The quantitative estimate of drug-likeness (QED) is 0.536. The average Bonchev–Trinajstić information content (AvgIpc) is 2.84. The van der Waals surface area contributed by atoms with Gasteiger partial charge in [0.15, 0.2) is 23.1 Å². The predicted molar refractivity (Wildman–Crippen MR) is 88.1 cm³/mol. The molecule has 1 aliphatic rings. The highest BCUT2D eigenvalue weighted by atomic mass is 32.2. The second kappa shape index (κ2) is 7.64. The van der Waals surface area contributed by atoms with Gasteiger partial charge in [-0.1, -0.05) is 0 Å². The molecule has 1 aliphatic heterocycles. The Morgan fingerprint density at radius 2 is 1.92 bits per heavy atom. The van der Waals surface area contributed by atoms with Crippen molar-refractivity contribution in [1.29, 1.82) is 0 Å². The van der Waals surface area contributed by atoms with Gasteiger partial charge in [-0.05, 0) is 37.6 Å². The van der Waals surface area contributed by atoms with Crippen LogP contribution in [-0.2, 0) is 24.2 Å². The van der Waals surface area contributed by atoms with Crippen LogP contribution < -0.4 is 10.1 Å². The second-order valence-electron chi connectivity index (χ2n) is 6.09. The summed E-state index contributed by atoms with van der Waals surface area (Å²) < 4.78 is 32.9. The molecule has 136 valence electrons. The minimum absolute atomic E-state index is 0.0281. The van der Waals surface area contributed by atoms with Crippen molar-refractivity contribution in [3.8, 4) is 5.75 Å². The maximum atomic E-state index is 11.8. The van der Waals surface area contributed by atoms with Crippen molar-refractivity contribution in [2.45, 2.75) is 18.9 Å². The Hall–Kier alpha value is -2.42. The molecule has 0 radical (unpaired) electrons. The first-order valence-electron chi connectivity index (χ1n) is 7.56. The maximum Gasteiger partial charge on any atom is 0.344 e. The van der Waals surface area contributed by atoms with Crippen LogP contribution in [0.5, 0.6) is 5.75 Å². The summed E-state index contributed by atoms with van der Waals surface area (Å²) in [5, 5.41) is 2.58. The Bertz CT molecular complexity index is 757. The first-order valence-corrected chi connectivity index (χ1v) is 9.39. The molecule has 0 aromatic heterocycles. The number of sulfone groups is 1. The van der Waals surface area contributed by atoms with Gasteiger partial charge in [0.25, 0.3) is 5.91 Å². The number of ether oxygens (including phenoxy) is 2. The molecule has 9 heteroatoms. The highest BCUT2D eigenvalue weighted by Crippen LogP contribution is 2.22. The molecule has 0 saturated carbocycles. The van der Waals surface area contributed by atoms with Crippen molar-refractivity contribution in [3.63, 3.8) is 0 Å². The molecule has 1 heterocycles. The molecule has 1 aromatic carbocycles. The van der Waals surface area contributed by atoms with Crippen LogP contribution in [0.15, 0.2) is 24.3 Å². The fourth-order valence-electron chi connectivity index (χ4n) is 2.45. The number of hydrogen-bond donors (Lipinski definition) is 1. The lowest BCUT2D eigenvalue weighted by Gasteiger charge is -2.23. The number of benzene rings is 1. The summed E-state index contributed by atoms with van der Waals surface area (Å²) in [5.41, 5.74) is -0.354. The summed E-state index contributed by atoms with van der Waals surface area (Å²) in [6, 6.07) is 6.14. The number of carbonyl (C=O) groups is 3. The molecule has 0 bridgehead atoms. The van der Waals surface area contributed by atoms with E-state index in [2.05, 4.69) is 5.32 Å². The number of esters is 1. The Morgan fingerprint density at radius 3 is 2.48 bits per heavy atom. The van der Waals surface area contributed by atoms with E-state index in [1.807, 2.05) is 0 Å². The van der Waals surface area contributed by atoms with Gasteiger partial charge < -0.3 is 14.8 Å². The van der Waals surface area contributed by atoms with Crippen LogP contribution in [0, 0.1) is 0 Å². The molecular formula is C16H19NO7S. The fraction of sp³-hybridized carbons (Fsp3) is 0.438. The summed E-state index contributed by atoms with van der Waals surface area (Å²) in [4.78, 5) is 33.9. The third-order valence-corrected chi connectivity index (χ3v) is 5.58. The molecule has 2 rings (SSSR count). The number of aldehydes is 1. The SMILES string of the molecule is C[C@@]1(NC(=O)COC(=O)COc2ccc(C=O)cc2)CCS(=O)(=O)C1. The summed E-state index contributed by atoms with van der Waals surface area (Å²) in [5.74, 6) is -1.02. The first kappa shape index (κ1) is 18.9. The Morgan fingerprint density at radius 1 is 1.24 bits per heavy atom. The summed E-state index contributed by atoms with van der Waals surface area (Å²) in [6.07, 6.45) is 1.02. The largest absolute Gasteiger partial charge is 0.482 e. The van der Waals surface area contributed by atoms with Crippen LogP contribution in [0.2, 0.25) is 0 Å². The zero-order valence-corrected chi connectivity index (χ0v) is 14.5. The topological polar surface area (TPSA) is 116 Å². The number of amides is 1. The van der Waals surface area contributed by atoms with E-state index in [-0.39, 0.29) is 18.1 Å². The van der Waals surface area contributed by atoms with E-state index in [1.165, 1.54) is 24.3 Å². The predicted octanol–water partition coefficient (Wildman–Crippen LogP) is 0.114. The monoisotopic (exact) mass is 369 g/mol. The molecule has 1 N–H and O–H groups in total. The maximum absolute atomic E-state index is 11.8. The van der Waals surface area contributed by atoms with Gasteiger partial charge in [-0.3, -0.25) is 9.59 Å². The lowest BCUT2D eigenvalue weighted by atomic mass is 10.0. The van der Waals surface area contributed by atoms with Crippen LogP contribution in [0.4, 0.5) is 0 Å². The second-order valence-corrected chi connectivity index (χ2v) is 8.27. The minimum atomic E-state index is -3.14. The lowest BCUT2D eigenvalue weighted by molar-refractivity contribution is -0.150. The number of nitrogens with one attached hydrogen (secondary N) is 1. The standard InChI is InChI=1S/C16H19NO7S/c1-16(6-7-25(21,22)11-16)17-14(19)9-24-15(20)10-23-13-4-2-12(8-18)3-5-13/h2-5,8H,6-7,9-11H2,1H3,(H,17,19)/t16-/m1/s1. The van der Waals surface area contributed by atoms with Crippen molar-refractivity contribution in [1.82, 2.24) is 5.32 Å². The van der Waals surface area contributed by atoms with Crippen LogP contribution in [0.25, 0.3) is 0 Å². The molecule has 1 aromatic rings. The van der Waals surface area contributed by atoms with Crippen molar-refractivity contribution in [2.75, 3.05) is 24.7 Å². The lowest BCUT2D eigenvalue weighted by Crippen LogP contribution is -2.48. The van der Waals surface area contributed by atoms with E-state index in [1.54, 1.807) is 6.92 Å². The fourth-order valence-corrected chi connectivity index (χ4v) is 4.55. The Balaban J connectivity index is 1.72. The Kier molecular flexibility index (Phi) is 5.78. The normalized spacial score (nSPS) is 21.3. The first-order chi connectivity index (χ1) is 11.7. The molecule has 25 heavy (non-hydrogen) atoms. The van der Waals surface area contributed by atoms with Gasteiger partial charge in [-0.2, -0.15) is 0 Å². The van der Waals surface area contributed by atoms with Gasteiger partial charge >= 0.3 is 5.97 Å². The molecule has 0 unspecified atom stereocenters. The molecule has 1 saturated heterocycles. The van der Waals surface area contributed by atoms with E-state index in [9.17, 15) is 22.8 Å². The van der Waals surface area contributed by atoms with Gasteiger partial charge in [0.1, 0.15) is 12.0 Å². The zero-order valence-electron chi connectivity index (χ0n) is 13.7. The van der Waals surface area contributed by atoms with Crippen LogP contribution in [0.3, 0.4) is 0 Å². The average molecular weight is 369 g/mol. The third-order valence-electron chi connectivity index (χ3n) is 3.68. The summed E-state index contributed by atoms with van der Waals surface area (Å²) in [6.45, 7) is 0.741.